The Morgan fingerprint density at radius 2 is 1.73 bits per heavy atom. The van der Waals surface area contributed by atoms with Crippen molar-refractivity contribution in [2.24, 2.45) is 28.6 Å². The van der Waals surface area contributed by atoms with E-state index in [0.29, 0.717) is 29.1 Å². The highest BCUT2D eigenvalue weighted by Crippen LogP contribution is 2.64. The molecule has 3 nitrogen and oxygen atoms in total. The maximum atomic E-state index is 12.6. The van der Waals surface area contributed by atoms with Crippen LogP contribution < -0.4 is 0 Å². The SMILES string of the molecule is C[C@]12CC[C@H](OC(=O)c3ccc(Br)cc3)CC1=CC[C@@H]1[C@@H]2CC[C@]2(C)C(=O)CC[C@@H]12. The molecule has 0 aliphatic heterocycles. The van der Waals surface area contributed by atoms with E-state index >= 15 is 0 Å². The minimum Gasteiger partial charge on any atom is -0.458 e. The first-order valence-electron chi connectivity index (χ1n) is 11.5. The molecule has 0 unspecified atom stereocenters. The van der Waals surface area contributed by atoms with Crippen molar-refractivity contribution in [2.45, 2.75) is 71.3 Å². The van der Waals surface area contributed by atoms with E-state index in [9.17, 15) is 9.59 Å². The number of rotatable bonds is 2. The summed E-state index contributed by atoms with van der Waals surface area (Å²) in [6.07, 6.45) is 10.5. The van der Waals surface area contributed by atoms with E-state index in [2.05, 4.69) is 35.9 Å². The molecular formula is C26H31BrO3. The van der Waals surface area contributed by atoms with Gasteiger partial charge in [-0.15, -0.1) is 0 Å². The molecule has 3 fully saturated rings. The van der Waals surface area contributed by atoms with Gasteiger partial charge in [0.05, 0.1) is 5.56 Å². The lowest BCUT2D eigenvalue weighted by Crippen LogP contribution is -2.50. The molecule has 1 aromatic carbocycles. The summed E-state index contributed by atoms with van der Waals surface area (Å²) in [5.41, 5.74) is 2.25. The Hall–Kier alpha value is -1.42. The maximum Gasteiger partial charge on any atom is 0.338 e. The first-order chi connectivity index (χ1) is 14.3. The molecule has 0 saturated heterocycles. The fourth-order valence-electron chi connectivity index (χ4n) is 7.30. The summed E-state index contributed by atoms with van der Waals surface area (Å²) >= 11 is 3.41. The zero-order valence-electron chi connectivity index (χ0n) is 18.0. The van der Waals surface area contributed by atoms with Crippen molar-refractivity contribution in [2.75, 3.05) is 0 Å². The van der Waals surface area contributed by atoms with Gasteiger partial charge in [0.2, 0.25) is 0 Å². The highest BCUT2D eigenvalue weighted by Gasteiger charge is 2.58. The van der Waals surface area contributed by atoms with E-state index < -0.39 is 0 Å². The minimum atomic E-state index is -0.219. The first-order valence-corrected chi connectivity index (χ1v) is 12.3. The number of esters is 1. The molecule has 0 amide bonds. The zero-order valence-corrected chi connectivity index (χ0v) is 19.5. The highest BCUT2D eigenvalue weighted by atomic mass is 79.9. The van der Waals surface area contributed by atoms with Crippen LogP contribution in [0, 0.1) is 28.6 Å². The van der Waals surface area contributed by atoms with Gasteiger partial charge in [-0.05, 0) is 86.0 Å². The average Bonchev–Trinajstić information content (AvgIpc) is 3.03. The number of allylic oxidation sites excluding steroid dienone is 1. The summed E-state index contributed by atoms with van der Waals surface area (Å²) in [4.78, 5) is 25.2. The van der Waals surface area contributed by atoms with Crippen LogP contribution in [-0.4, -0.2) is 17.9 Å². The highest BCUT2D eigenvalue weighted by molar-refractivity contribution is 9.10. The van der Waals surface area contributed by atoms with Crippen molar-refractivity contribution in [1.82, 2.24) is 0 Å². The molecule has 5 rings (SSSR count). The van der Waals surface area contributed by atoms with Gasteiger partial charge >= 0.3 is 5.97 Å². The molecule has 1 aromatic rings. The van der Waals surface area contributed by atoms with Gasteiger partial charge in [-0.25, -0.2) is 4.79 Å². The predicted molar refractivity (Wildman–Crippen MR) is 120 cm³/mol. The standard InChI is InChI=1S/C26H31BrO3/c1-25-13-11-19(30-24(29)16-3-6-18(27)7-4-16)15-17(25)5-8-20-21-9-10-23(28)26(21,2)14-12-22(20)25/h3-7,19-22H,8-15H2,1-2H3/t19-,20-,21-,22-,25-,26-/m0/s1. The Balaban J connectivity index is 1.31. The van der Waals surface area contributed by atoms with Gasteiger partial charge in [-0.3, -0.25) is 4.79 Å². The van der Waals surface area contributed by atoms with Crippen LogP contribution in [0.1, 0.15) is 75.6 Å². The molecule has 0 heterocycles. The van der Waals surface area contributed by atoms with E-state index in [0.717, 1.165) is 49.4 Å². The van der Waals surface area contributed by atoms with Crippen LogP contribution in [0.25, 0.3) is 0 Å². The monoisotopic (exact) mass is 470 g/mol. The Bertz CT molecular complexity index is 903. The van der Waals surface area contributed by atoms with Crippen LogP contribution in [0.4, 0.5) is 0 Å². The van der Waals surface area contributed by atoms with Crippen LogP contribution in [0.2, 0.25) is 0 Å². The van der Waals surface area contributed by atoms with Gasteiger partial charge in [0.1, 0.15) is 11.9 Å². The third-order valence-electron chi connectivity index (χ3n) is 9.12. The van der Waals surface area contributed by atoms with Gasteiger partial charge in [0, 0.05) is 22.7 Å². The molecular weight excluding hydrogens is 440 g/mol. The topological polar surface area (TPSA) is 43.4 Å². The molecule has 160 valence electrons. The number of carbonyl (C=O) groups is 2. The second-order valence-electron chi connectivity index (χ2n) is 10.5. The number of halogens is 1. The van der Waals surface area contributed by atoms with Crippen molar-refractivity contribution in [1.29, 1.82) is 0 Å². The van der Waals surface area contributed by atoms with Crippen LogP contribution in [0.3, 0.4) is 0 Å². The number of Topliss-reactive ketones (excluding diaryl/α,β-unsaturated/α-hetero) is 1. The van der Waals surface area contributed by atoms with Crippen molar-refractivity contribution in [3.63, 3.8) is 0 Å². The van der Waals surface area contributed by atoms with E-state index in [1.165, 1.54) is 12.0 Å². The van der Waals surface area contributed by atoms with E-state index in [1.54, 1.807) is 0 Å². The summed E-state index contributed by atoms with van der Waals surface area (Å²) in [6, 6.07) is 7.38. The van der Waals surface area contributed by atoms with Crippen LogP contribution in [0.5, 0.6) is 0 Å². The van der Waals surface area contributed by atoms with Gasteiger partial charge in [-0.1, -0.05) is 41.4 Å². The number of ketones is 1. The maximum absolute atomic E-state index is 12.6. The van der Waals surface area contributed by atoms with Crippen molar-refractivity contribution < 1.29 is 14.3 Å². The Kier molecular flexibility index (Phi) is 5.00. The number of ether oxygens (including phenoxy) is 1. The number of benzene rings is 1. The lowest BCUT2D eigenvalue weighted by atomic mass is 9.48. The summed E-state index contributed by atoms with van der Waals surface area (Å²) in [5.74, 6) is 2.17. The summed E-state index contributed by atoms with van der Waals surface area (Å²) in [7, 11) is 0. The molecule has 0 aromatic heterocycles. The third-order valence-corrected chi connectivity index (χ3v) is 9.65. The normalized spacial score (nSPS) is 40.1. The molecule has 0 radical (unpaired) electrons. The van der Waals surface area contributed by atoms with Crippen molar-refractivity contribution in [3.8, 4) is 0 Å². The smallest absolute Gasteiger partial charge is 0.338 e. The van der Waals surface area contributed by atoms with E-state index in [-0.39, 0.29) is 22.9 Å². The molecule has 30 heavy (non-hydrogen) atoms. The molecule has 0 N–H and O–H groups in total. The number of hydrogen-bond acceptors (Lipinski definition) is 3. The Morgan fingerprint density at radius 3 is 2.50 bits per heavy atom. The lowest BCUT2D eigenvalue weighted by Gasteiger charge is -2.56. The van der Waals surface area contributed by atoms with E-state index in [1.807, 2.05) is 24.3 Å². The van der Waals surface area contributed by atoms with E-state index in [4.69, 9.17) is 4.74 Å². The molecule has 4 aliphatic carbocycles. The van der Waals surface area contributed by atoms with Gasteiger partial charge < -0.3 is 4.74 Å². The average molecular weight is 471 g/mol. The fourth-order valence-corrected chi connectivity index (χ4v) is 7.57. The predicted octanol–water partition coefficient (Wildman–Crippen LogP) is 6.51. The summed E-state index contributed by atoms with van der Waals surface area (Å²) in [5, 5.41) is 0. The van der Waals surface area contributed by atoms with Crippen molar-refractivity contribution in [3.05, 3.63) is 46.0 Å². The van der Waals surface area contributed by atoms with Crippen LogP contribution in [-0.2, 0) is 9.53 Å². The quantitative estimate of drug-likeness (QED) is 0.365. The summed E-state index contributed by atoms with van der Waals surface area (Å²) in [6.45, 7) is 4.69. The summed E-state index contributed by atoms with van der Waals surface area (Å²) < 4.78 is 6.87. The third kappa shape index (κ3) is 3.13. The first kappa shape index (κ1) is 20.5. The number of hydrogen-bond donors (Lipinski definition) is 0. The lowest BCUT2D eigenvalue weighted by molar-refractivity contribution is -0.132. The molecule has 3 saturated carbocycles. The minimum absolute atomic E-state index is 0.0288. The number of fused-ring (bicyclic) bond motifs is 5. The molecule has 0 bridgehead atoms. The fraction of sp³-hybridized carbons (Fsp3) is 0.615. The molecule has 4 heteroatoms. The second-order valence-corrected chi connectivity index (χ2v) is 11.4. The zero-order chi connectivity index (χ0) is 21.1. The second kappa shape index (κ2) is 7.32. The van der Waals surface area contributed by atoms with Gasteiger partial charge in [0.15, 0.2) is 0 Å². The number of carbonyl (C=O) groups excluding carboxylic acids is 2. The molecule has 0 spiro atoms. The largest absolute Gasteiger partial charge is 0.458 e. The Morgan fingerprint density at radius 1 is 1.03 bits per heavy atom. The van der Waals surface area contributed by atoms with Crippen LogP contribution in [0.15, 0.2) is 40.4 Å². The van der Waals surface area contributed by atoms with Gasteiger partial charge in [-0.2, -0.15) is 0 Å². The van der Waals surface area contributed by atoms with Crippen molar-refractivity contribution >= 4 is 27.7 Å². The molecule has 6 atom stereocenters. The van der Waals surface area contributed by atoms with Crippen LogP contribution >= 0.6 is 15.9 Å². The molecule has 4 aliphatic rings. The van der Waals surface area contributed by atoms with Gasteiger partial charge in [0.25, 0.3) is 0 Å². The Labute approximate surface area is 187 Å².